The van der Waals surface area contributed by atoms with Gasteiger partial charge in [-0.1, -0.05) is 0 Å². The summed E-state index contributed by atoms with van der Waals surface area (Å²) in [7, 11) is 1.73. The molecule has 2 aromatic heterocycles. The maximum absolute atomic E-state index is 13.9. The van der Waals surface area contributed by atoms with Gasteiger partial charge in [-0.2, -0.15) is 0 Å². The number of carbonyl (C=O) groups excluding carboxylic acids is 1. The highest BCUT2D eigenvalue weighted by Gasteiger charge is 2.34. The summed E-state index contributed by atoms with van der Waals surface area (Å²) in [5.41, 5.74) is 2.80. The van der Waals surface area contributed by atoms with Crippen LogP contribution in [0.15, 0.2) is 11.8 Å². The molecule has 0 unspecified atom stereocenters. The number of alkyl halides is 1. The van der Waals surface area contributed by atoms with Crippen molar-refractivity contribution in [1.29, 1.82) is 0 Å². The highest BCUT2D eigenvalue weighted by atomic mass is 32.1. The van der Waals surface area contributed by atoms with E-state index in [0.29, 0.717) is 26.1 Å². The number of aryl methyl sites for hydroxylation is 1. The number of nitrogens with zero attached hydrogens (tertiary/aromatic N) is 7. The highest BCUT2D eigenvalue weighted by Crippen LogP contribution is 2.25. The Labute approximate surface area is 143 Å². The Kier molecular flexibility index (Phi) is 5.14. The maximum atomic E-state index is 13.9. The molecule has 0 N–H and O–H groups in total. The second-order valence-electron chi connectivity index (χ2n) is 6.06. The lowest BCUT2D eigenvalue weighted by molar-refractivity contribution is -0.131. The smallest absolute Gasteiger partial charge is 0.244 e. The molecule has 0 spiro atoms. The van der Waals surface area contributed by atoms with Gasteiger partial charge < -0.3 is 4.90 Å². The van der Waals surface area contributed by atoms with Crippen LogP contribution in [0, 0.1) is 6.92 Å². The van der Waals surface area contributed by atoms with Crippen molar-refractivity contribution >= 4 is 17.2 Å². The number of likely N-dealkylation sites (tertiary alicyclic amines) is 1. The molecule has 1 aliphatic heterocycles. The number of carbonyl (C=O) groups is 1. The van der Waals surface area contributed by atoms with Gasteiger partial charge in [0.05, 0.1) is 11.2 Å². The summed E-state index contributed by atoms with van der Waals surface area (Å²) in [4.78, 5) is 21.4. The van der Waals surface area contributed by atoms with Gasteiger partial charge in [0.2, 0.25) is 5.91 Å². The van der Waals surface area contributed by atoms with Gasteiger partial charge in [-0.15, -0.1) is 16.4 Å². The predicted molar refractivity (Wildman–Crippen MR) is 86.0 cm³/mol. The second-order valence-corrected chi connectivity index (χ2v) is 7.00. The summed E-state index contributed by atoms with van der Waals surface area (Å²) in [5, 5.41) is 10.7. The molecule has 1 fully saturated rings. The number of likely N-dealkylation sites (N-methyl/N-ethyl adjacent to an activating group) is 1. The van der Waals surface area contributed by atoms with Crippen molar-refractivity contribution in [2.45, 2.75) is 38.6 Å². The van der Waals surface area contributed by atoms with Crippen molar-refractivity contribution in [3.8, 4) is 0 Å². The molecule has 24 heavy (non-hydrogen) atoms. The molecule has 2 aromatic rings. The van der Waals surface area contributed by atoms with Crippen molar-refractivity contribution in [2.75, 3.05) is 20.1 Å². The van der Waals surface area contributed by atoms with Crippen LogP contribution in [0.25, 0.3) is 0 Å². The predicted octanol–water partition coefficient (Wildman–Crippen LogP) is 0.509. The molecule has 8 nitrogen and oxygen atoms in total. The van der Waals surface area contributed by atoms with Gasteiger partial charge in [-0.3, -0.25) is 9.69 Å². The number of hydrogen-bond acceptors (Lipinski definition) is 7. The summed E-state index contributed by atoms with van der Waals surface area (Å²) in [6.45, 7) is 3.61. The van der Waals surface area contributed by atoms with E-state index in [0.717, 1.165) is 10.6 Å². The largest absolute Gasteiger partial charge is 0.343 e. The Hall–Kier alpha value is -1.94. The van der Waals surface area contributed by atoms with E-state index in [-0.39, 0.29) is 18.5 Å². The molecule has 0 aromatic carbocycles. The minimum Gasteiger partial charge on any atom is -0.343 e. The molecular formula is C14H20FN7OS. The minimum absolute atomic E-state index is 0.00400. The molecular weight excluding hydrogens is 333 g/mol. The molecule has 0 aliphatic carbocycles. The van der Waals surface area contributed by atoms with Gasteiger partial charge in [0, 0.05) is 37.6 Å². The van der Waals surface area contributed by atoms with E-state index < -0.39 is 6.17 Å². The summed E-state index contributed by atoms with van der Waals surface area (Å²) in [5.74, 6) is -0.0986. The third-order valence-corrected chi connectivity index (χ3v) is 5.19. The van der Waals surface area contributed by atoms with Crippen LogP contribution in [0.5, 0.6) is 0 Å². The Morgan fingerprint density at radius 2 is 2.38 bits per heavy atom. The lowest BCUT2D eigenvalue weighted by Gasteiger charge is -2.28. The van der Waals surface area contributed by atoms with Crippen molar-refractivity contribution < 1.29 is 9.18 Å². The van der Waals surface area contributed by atoms with E-state index in [1.54, 1.807) is 23.3 Å². The van der Waals surface area contributed by atoms with Crippen LogP contribution < -0.4 is 0 Å². The number of thiazole rings is 1. The van der Waals surface area contributed by atoms with Gasteiger partial charge in [0.15, 0.2) is 0 Å². The molecule has 3 rings (SSSR count). The van der Waals surface area contributed by atoms with E-state index >= 15 is 0 Å². The number of hydrogen-bond donors (Lipinski definition) is 0. The van der Waals surface area contributed by atoms with E-state index in [1.165, 1.54) is 11.0 Å². The van der Waals surface area contributed by atoms with Crippen LogP contribution in [0.2, 0.25) is 0 Å². The Morgan fingerprint density at radius 1 is 1.54 bits per heavy atom. The topological polar surface area (TPSA) is 80.0 Å². The van der Waals surface area contributed by atoms with Crippen molar-refractivity contribution in [3.05, 3.63) is 22.4 Å². The molecule has 0 radical (unpaired) electrons. The molecule has 0 bridgehead atoms. The van der Waals surface area contributed by atoms with Crippen LogP contribution in [0.3, 0.4) is 0 Å². The molecule has 1 saturated heterocycles. The Morgan fingerprint density at radius 3 is 3.04 bits per heavy atom. The summed E-state index contributed by atoms with van der Waals surface area (Å²) < 4.78 is 15.3. The van der Waals surface area contributed by atoms with Crippen LogP contribution >= 0.6 is 11.3 Å². The van der Waals surface area contributed by atoms with E-state index in [9.17, 15) is 9.18 Å². The van der Waals surface area contributed by atoms with Crippen LogP contribution in [0.1, 0.15) is 17.0 Å². The van der Waals surface area contributed by atoms with Gasteiger partial charge in [-0.05, 0) is 23.8 Å². The Bertz CT molecular complexity index is 676. The number of rotatable bonds is 6. The first-order chi connectivity index (χ1) is 11.5. The lowest BCUT2D eigenvalue weighted by atomic mass is 10.2. The molecule has 130 valence electrons. The van der Waals surface area contributed by atoms with Gasteiger partial charge >= 0.3 is 0 Å². The van der Waals surface area contributed by atoms with Gasteiger partial charge in [0.25, 0.3) is 0 Å². The third kappa shape index (κ3) is 3.93. The average Bonchev–Trinajstić information content (AvgIpc) is 3.24. The number of aromatic nitrogens is 5. The van der Waals surface area contributed by atoms with Gasteiger partial charge in [0.1, 0.15) is 19.0 Å². The van der Waals surface area contributed by atoms with Crippen molar-refractivity contribution in [3.63, 3.8) is 0 Å². The molecule has 1 aliphatic rings. The fourth-order valence-electron chi connectivity index (χ4n) is 2.90. The molecule has 0 saturated carbocycles. The molecule has 3 heterocycles. The van der Waals surface area contributed by atoms with Crippen LogP contribution in [0.4, 0.5) is 4.39 Å². The van der Waals surface area contributed by atoms with E-state index in [1.807, 2.05) is 12.4 Å². The lowest BCUT2D eigenvalue weighted by Crippen LogP contribution is -2.42. The molecule has 10 heteroatoms. The second kappa shape index (κ2) is 7.31. The summed E-state index contributed by atoms with van der Waals surface area (Å²) >= 11 is 1.59. The van der Waals surface area contributed by atoms with Crippen molar-refractivity contribution in [2.24, 2.45) is 0 Å². The zero-order chi connectivity index (χ0) is 17.1. The summed E-state index contributed by atoms with van der Waals surface area (Å²) in [6, 6.07) is 0.00400. The first-order valence-electron chi connectivity index (χ1n) is 7.74. The summed E-state index contributed by atoms with van der Waals surface area (Å²) in [6.07, 6.45) is 0.990. The minimum atomic E-state index is -0.855. The van der Waals surface area contributed by atoms with Crippen LogP contribution in [-0.4, -0.2) is 73.2 Å². The number of halogens is 1. The van der Waals surface area contributed by atoms with Crippen molar-refractivity contribution in [1.82, 2.24) is 35.0 Å². The first-order valence-corrected chi connectivity index (χ1v) is 8.62. The number of amides is 1. The first kappa shape index (κ1) is 16.9. The molecule has 2 atom stereocenters. The van der Waals surface area contributed by atoms with Crippen LogP contribution in [-0.2, 0) is 17.9 Å². The Balaban J connectivity index is 1.59. The fourth-order valence-corrected chi connectivity index (χ4v) is 3.70. The monoisotopic (exact) mass is 353 g/mol. The van der Waals surface area contributed by atoms with Gasteiger partial charge in [-0.25, -0.2) is 14.1 Å². The number of tetrazole rings is 1. The molecule has 1 amide bonds. The third-order valence-electron chi connectivity index (χ3n) is 4.27. The average molecular weight is 353 g/mol. The zero-order valence-electron chi connectivity index (χ0n) is 13.7. The van der Waals surface area contributed by atoms with E-state index in [4.69, 9.17) is 0 Å². The standard InChI is InChI=1S/C14H20FN7OS/c1-10-13(24-9-16-10)6-21-4-11(15)3-12(21)5-20(2)14(23)7-22-8-17-18-19-22/h8-9,11-12H,3-7H2,1-2H3/t11-,12-/m0/s1. The zero-order valence-corrected chi connectivity index (χ0v) is 14.5. The maximum Gasteiger partial charge on any atom is 0.244 e. The quantitative estimate of drug-likeness (QED) is 0.753. The van der Waals surface area contributed by atoms with E-state index in [2.05, 4.69) is 25.4 Å². The normalized spacial score (nSPS) is 21.3. The highest BCUT2D eigenvalue weighted by molar-refractivity contribution is 7.09. The fraction of sp³-hybridized carbons (Fsp3) is 0.643. The SMILES string of the molecule is Cc1ncsc1CN1C[C@@H](F)C[C@H]1CN(C)C(=O)Cn1cnnn1.